The van der Waals surface area contributed by atoms with Gasteiger partial charge in [0.05, 0.1) is 13.2 Å². The van der Waals surface area contributed by atoms with Crippen LogP contribution in [0, 0.1) is 0 Å². The van der Waals surface area contributed by atoms with E-state index in [1.807, 2.05) is 4.98 Å². The van der Waals surface area contributed by atoms with Crippen molar-refractivity contribution in [3.63, 3.8) is 0 Å². The SMILES string of the molecule is O=C(O)N(Cc1ccccc1)c1cn([C@@H]2O[C@H](CO)[C@@H](O)[C@H]2O)c(=O)[nH]c1=O. The van der Waals surface area contributed by atoms with Crippen molar-refractivity contribution in [1.29, 1.82) is 0 Å². The van der Waals surface area contributed by atoms with Crippen molar-refractivity contribution in [2.24, 2.45) is 0 Å². The number of aromatic amines is 1. The minimum absolute atomic E-state index is 0.159. The predicted molar refractivity (Wildman–Crippen MR) is 95.0 cm³/mol. The molecule has 2 heterocycles. The number of amides is 1. The lowest BCUT2D eigenvalue weighted by atomic mass is 10.1. The molecule has 28 heavy (non-hydrogen) atoms. The Hall–Kier alpha value is -2.99. The summed E-state index contributed by atoms with van der Waals surface area (Å²) in [4.78, 5) is 38.9. The van der Waals surface area contributed by atoms with Gasteiger partial charge in [-0.2, -0.15) is 0 Å². The van der Waals surface area contributed by atoms with Gasteiger partial charge >= 0.3 is 11.8 Å². The maximum atomic E-state index is 12.2. The van der Waals surface area contributed by atoms with E-state index in [0.717, 1.165) is 15.7 Å². The van der Waals surface area contributed by atoms with Gasteiger partial charge in [0.2, 0.25) is 0 Å². The number of hydrogen-bond donors (Lipinski definition) is 5. The zero-order valence-corrected chi connectivity index (χ0v) is 14.5. The number of rotatable bonds is 5. The molecule has 1 aliphatic heterocycles. The molecule has 11 nitrogen and oxygen atoms in total. The zero-order chi connectivity index (χ0) is 20.4. The van der Waals surface area contributed by atoms with Crippen LogP contribution < -0.4 is 16.1 Å². The van der Waals surface area contributed by atoms with Crippen LogP contribution in [-0.4, -0.2) is 61.0 Å². The van der Waals surface area contributed by atoms with Crippen molar-refractivity contribution in [1.82, 2.24) is 9.55 Å². The number of anilines is 1. The highest BCUT2D eigenvalue weighted by atomic mass is 16.6. The van der Waals surface area contributed by atoms with Crippen molar-refractivity contribution in [3.8, 4) is 0 Å². The van der Waals surface area contributed by atoms with Gasteiger partial charge in [0.1, 0.15) is 24.0 Å². The quantitative estimate of drug-likeness (QED) is 0.424. The van der Waals surface area contributed by atoms with E-state index < -0.39 is 48.5 Å². The smallest absolute Gasteiger partial charge is 0.412 e. The maximum Gasteiger partial charge on any atom is 0.412 e. The Bertz CT molecular complexity index is 957. The molecular formula is C17H19N3O8. The van der Waals surface area contributed by atoms with Gasteiger partial charge in [-0.15, -0.1) is 0 Å². The van der Waals surface area contributed by atoms with E-state index in [4.69, 9.17) is 4.74 Å². The van der Waals surface area contributed by atoms with E-state index in [9.17, 15) is 34.8 Å². The molecule has 0 spiro atoms. The summed E-state index contributed by atoms with van der Waals surface area (Å²) in [6.07, 6.45) is -6.07. The van der Waals surface area contributed by atoms with Gasteiger partial charge < -0.3 is 25.2 Å². The summed E-state index contributed by atoms with van der Waals surface area (Å²) in [7, 11) is 0. The van der Waals surface area contributed by atoms with Gasteiger partial charge in [-0.3, -0.25) is 19.2 Å². The molecule has 150 valence electrons. The summed E-state index contributed by atoms with van der Waals surface area (Å²) in [6, 6.07) is 8.51. The molecule has 3 rings (SSSR count). The third kappa shape index (κ3) is 3.68. The zero-order valence-electron chi connectivity index (χ0n) is 14.5. The van der Waals surface area contributed by atoms with Gasteiger partial charge in [0.15, 0.2) is 6.23 Å². The van der Waals surface area contributed by atoms with Gasteiger partial charge in [0, 0.05) is 6.20 Å². The molecule has 5 N–H and O–H groups in total. The first-order valence-corrected chi connectivity index (χ1v) is 8.35. The number of carboxylic acid groups (broad SMARTS) is 1. The summed E-state index contributed by atoms with van der Waals surface area (Å²) in [5.74, 6) is 0. The molecule has 1 aromatic heterocycles. The van der Waals surface area contributed by atoms with Crippen molar-refractivity contribution in [2.45, 2.75) is 31.1 Å². The third-order valence-electron chi connectivity index (χ3n) is 4.45. The second-order valence-corrected chi connectivity index (χ2v) is 6.26. The topological polar surface area (TPSA) is 165 Å². The van der Waals surface area contributed by atoms with Gasteiger partial charge in [-0.05, 0) is 5.56 Å². The number of hydrogen-bond acceptors (Lipinski definition) is 7. The Morgan fingerprint density at radius 2 is 1.86 bits per heavy atom. The molecule has 0 radical (unpaired) electrons. The molecule has 1 fully saturated rings. The summed E-state index contributed by atoms with van der Waals surface area (Å²) >= 11 is 0. The van der Waals surface area contributed by atoms with Gasteiger partial charge in [0.25, 0.3) is 5.56 Å². The van der Waals surface area contributed by atoms with Crippen LogP contribution in [0.25, 0.3) is 0 Å². The largest absolute Gasteiger partial charge is 0.465 e. The first-order valence-electron chi connectivity index (χ1n) is 8.35. The van der Waals surface area contributed by atoms with Crippen LogP contribution in [0.2, 0.25) is 0 Å². The number of nitrogens with one attached hydrogen (secondary N) is 1. The average Bonchev–Trinajstić information content (AvgIpc) is 2.95. The number of nitrogens with zero attached hydrogens (tertiary/aromatic N) is 2. The highest BCUT2D eigenvalue weighted by Gasteiger charge is 2.44. The highest BCUT2D eigenvalue weighted by Crippen LogP contribution is 2.28. The van der Waals surface area contributed by atoms with E-state index in [0.29, 0.717) is 5.56 Å². The number of carbonyl (C=O) groups is 1. The first-order chi connectivity index (χ1) is 13.3. The van der Waals surface area contributed by atoms with Crippen LogP contribution in [-0.2, 0) is 11.3 Å². The number of aromatic nitrogens is 2. The summed E-state index contributed by atoms with van der Waals surface area (Å²) in [5.41, 5.74) is -1.66. The average molecular weight is 393 g/mol. The lowest BCUT2D eigenvalue weighted by Gasteiger charge is -2.22. The van der Waals surface area contributed by atoms with Crippen LogP contribution in [0.5, 0.6) is 0 Å². The molecule has 2 aromatic rings. The molecule has 11 heteroatoms. The lowest BCUT2D eigenvalue weighted by Crippen LogP contribution is -2.41. The number of ether oxygens (including phenoxy) is 1. The van der Waals surface area contributed by atoms with E-state index in [1.165, 1.54) is 0 Å². The third-order valence-corrected chi connectivity index (χ3v) is 4.45. The Kier molecular flexibility index (Phi) is 5.61. The van der Waals surface area contributed by atoms with Crippen LogP contribution >= 0.6 is 0 Å². The number of aliphatic hydroxyl groups is 3. The van der Waals surface area contributed by atoms with E-state index in [-0.39, 0.29) is 12.2 Å². The Balaban J connectivity index is 2.02. The normalized spacial score (nSPS) is 24.2. The van der Waals surface area contributed by atoms with Crippen LogP contribution in [0.1, 0.15) is 11.8 Å². The van der Waals surface area contributed by atoms with E-state index >= 15 is 0 Å². The van der Waals surface area contributed by atoms with E-state index in [2.05, 4.69) is 0 Å². The summed E-state index contributed by atoms with van der Waals surface area (Å²) < 4.78 is 6.06. The summed E-state index contributed by atoms with van der Waals surface area (Å²) in [6.45, 7) is -0.762. The van der Waals surface area contributed by atoms with Crippen molar-refractivity contribution >= 4 is 11.8 Å². The van der Waals surface area contributed by atoms with Crippen LogP contribution in [0.4, 0.5) is 10.5 Å². The number of H-pyrrole nitrogens is 1. The fourth-order valence-electron chi connectivity index (χ4n) is 2.99. The molecule has 1 aliphatic rings. The molecule has 0 saturated carbocycles. The second-order valence-electron chi connectivity index (χ2n) is 6.26. The summed E-state index contributed by atoms with van der Waals surface area (Å²) in [5, 5.41) is 38.7. The van der Waals surface area contributed by atoms with Crippen LogP contribution in [0.15, 0.2) is 46.1 Å². The highest BCUT2D eigenvalue weighted by molar-refractivity contribution is 5.85. The molecule has 0 unspecified atom stereocenters. The first kappa shape index (κ1) is 19.8. The maximum absolute atomic E-state index is 12.2. The van der Waals surface area contributed by atoms with Crippen molar-refractivity contribution in [3.05, 3.63) is 62.9 Å². The molecule has 1 saturated heterocycles. The second kappa shape index (κ2) is 7.94. The molecule has 1 aromatic carbocycles. The Morgan fingerprint density at radius 3 is 2.43 bits per heavy atom. The minimum Gasteiger partial charge on any atom is -0.465 e. The molecule has 0 bridgehead atoms. The number of aliphatic hydroxyl groups excluding tert-OH is 3. The molecule has 0 aliphatic carbocycles. The van der Waals surface area contributed by atoms with Crippen molar-refractivity contribution < 1.29 is 30.0 Å². The van der Waals surface area contributed by atoms with E-state index in [1.54, 1.807) is 30.3 Å². The van der Waals surface area contributed by atoms with Gasteiger partial charge in [-0.1, -0.05) is 30.3 Å². The molecule has 1 amide bonds. The monoisotopic (exact) mass is 393 g/mol. The molecule has 4 atom stereocenters. The Labute approximate surface area is 157 Å². The van der Waals surface area contributed by atoms with Gasteiger partial charge in [-0.25, -0.2) is 9.59 Å². The fraction of sp³-hybridized carbons (Fsp3) is 0.353. The standard InChI is InChI=1S/C17H19N3O8/c21-8-11-12(22)13(23)15(28-11)20-7-10(14(24)18-16(20)25)19(17(26)27)6-9-4-2-1-3-5-9/h1-5,7,11-13,15,21-23H,6,8H2,(H,26,27)(H,18,24,25)/t11-,12-,13-,15-/m1/s1. The number of benzene rings is 1. The minimum atomic E-state index is -1.57. The lowest BCUT2D eigenvalue weighted by molar-refractivity contribution is -0.0549. The fourth-order valence-corrected chi connectivity index (χ4v) is 2.99. The Morgan fingerprint density at radius 1 is 1.18 bits per heavy atom. The molecular weight excluding hydrogens is 374 g/mol. The van der Waals surface area contributed by atoms with Crippen molar-refractivity contribution in [2.75, 3.05) is 11.5 Å². The predicted octanol–water partition coefficient (Wildman–Crippen LogP) is -1.17. The van der Waals surface area contributed by atoms with Crippen LogP contribution in [0.3, 0.4) is 0 Å².